The minimum absolute atomic E-state index is 0.131. The van der Waals surface area contributed by atoms with Crippen LogP contribution in [0.15, 0.2) is 41.9 Å². The second-order valence-corrected chi connectivity index (χ2v) is 17.8. The van der Waals surface area contributed by atoms with Crippen LogP contribution in [0.3, 0.4) is 0 Å². The summed E-state index contributed by atoms with van der Waals surface area (Å²) in [7, 11) is 5.03. The number of pyridine rings is 1. The topological polar surface area (TPSA) is 157 Å². The lowest BCUT2D eigenvalue weighted by Crippen LogP contribution is -2.61. The van der Waals surface area contributed by atoms with Gasteiger partial charge >= 0.3 is 5.97 Å². The molecule has 2 aliphatic heterocycles. The molecule has 15 heteroatoms. The van der Waals surface area contributed by atoms with E-state index in [9.17, 15) is 19.2 Å². The van der Waals surface area contributed by atoms with Gasteiger partial charge in [-0.2, -0.15) is 0 Å². The SMILES string of the molecule is CCO[C@@H]1c2nc(cs2)-c2ccc3c(c2)c(c(-c2cccnc2[C@H](C)OC)n3CC)CC(C)(C)COC(=O)[C@@H]2CCCN(N2)C(=O)[C@H]1NC(=O)[C@@H]1[C@@H](C)[C@H]1C(=O)N(C)C. The lowest BCUT2D eigenvalue weighted by molar-refractivity contribution is -0.156. The molecule has 2 fully saturated rings. The number of nitrogens with one attached hydrogen (secondary N) is 2. The number of aromatic nitrogens is 3. The van der Waals surface area contributed by atoms with Gasteiger partial charge < -0.3 is 29.0 Å². The summed E-state index contributed by atoms with van der Waals surface area (Å²) in [5.74, 6) is -2.72. The normalized spacial score (nSPS) is 24.9. The van der Waals surface area contributed by atoms with Crippen LogP contribution in [-0.4, -0.2) is 101 Å². The number of nitrogens with zero attached hydrogens (tertiary/aromatic N) is 5. The van der Waals surface area contributed by atoms with E-state index in [-0.39, 0.29) is 31.1 Å². The molecule has 4 aromatic rings. The Hall–Kier alpha value is -4.70. The van der Waals surface area contributed by atoms with Gasteiger partial charge in [0, 0.05) is 79.9 Å². The molecule has 6 bridgehead atoms. The number of hydrazine groups is 1. The number of ether oxygens (including phenoxy) is 3. The van der Waals surface area contributed by atoms with Crippen LogP contribution in [0.1, 0.15) is 82.9 Å². The molecule has 59 heavy (non-hydrogen) atoms. The smallest absolute Gasteiger partial charge is 0.324 e. The van der Waals surface area contributed by atoms with E-state index < -0.39 is 53.2 Å². The van der Waals surface area contributed by atoms with Gasteiger partial charge in [-0.25, -0.2) is 10.4 Å². The van der Waals surface area contributed by atoms with Crippen molar-refractivity contribution in [3.8, 4) is 22.5 Å². The summed E-state index contributed by atoms with van der Waals surface area (Å²) in [5.41, 5.74) is 9.21. The van der Waals surface area contributed by atoms with Gasteiger partial charge in [0.2, 0.25) is 11.8 Å². The molecular formula is C44H57N7O7S. The fourth-order valence-electron chi connectivity index (χ4n) is 8.73. The van der Waals surface area contributed by atoms with Crippen molar-refractivity contribution in [3.63, 3.8) is 0 Å². The Morgan fingerprint density at radius 1 is 1.17 bits per heavy atom. The number of methoxy groups -OCH3 is 1. The van der Waals surface area contributed by atoms with Gasteiger partial charge in [0.1, 0.15) is 23.2 Å². The number of esters is 1. The van der Waals surface area contributed by atoms with Crippen molar-refractivity contribution in [2.75, 3.05) is 41.0 Å². The van der Waals surface area contributed by atoms with E-state index in [0.717, 1.165) is 39.0 Å². The molecule has 316 valence electrons. The van der Waals surface area contributed by atoms with Gasteiger partial charge in [-0.15, -0.1) is 11.3 Å². The minimum atomic E-state index is -1.21. The number of carbonyl (C=O) groups excluding carboxylic acids is 4. The largest absolute Gasteiger partial charge is 0.464 e. The summed E-state index contributed by atoms with van der Waals surface area (Å²) >= 11 is 1.36. The van der Waals surface area contributed by atoms with Crippen LogP contribution in [0.25, 0.3) is 33.4 Å². The van der Waals surface area contributed by atoms with Crippen molar-refractivity contribution >= 4 is 45.9 Å². The molecule has 3 aliphatic rings. The fraction of sp³-hybridized carbons (Fsp3) is 0.545. The zero-order chi connectivity index (χ0) is 42.3. The number of hydrogen-bond acceptors (Lipinski definition) is 11. The Kier molecular flexibility index (Phi) is 12.3. The predicted octanol–water partition coefficient (Wildman–Crippen LogP) is 5.71. The zero-order valence-electron chi connectivity index (χ0n) is 35.5. The Balaban J connectivity index is 1.37. The number of rotatable bonds is 9. The van der Waals surface area contributed by atoms with E-state index in [2.05, 4.69) is 60.3 Å². The van der Waals surface area contributed by atoms with Gasteiger partial charge in [0.25, 0.3) is 5.91 Å². The van der Waals surface area contributed by atoms with Crippen molar-refractivity contribution in [2.24, 2.45) is 23.2 Å². The Labute approximate surface area is 350 Å². The first-order valence-electron chi connectivity index (χ1n) is 20.7. The van der Waals surface area contributed by atoms with Crippen LogP contribution in [-0.2, 0) is 46.4 Å². The summed E-state index contributed by atoms with van der Waals surface area (Å²) in [5, 5.41) is 7.92. The Morgan fingerprint density at radius 2 is 1.95 bits per heavy atom. The lowest BCUT2D eigenvalue weighted by Gasteiger charge is -2.37. The summed E-state index contributed by atoms with van der Waals surface area (Å²) in [6.07, 6.45) is 2.16. The van der Waals surface area contributed by atoms with Crippen molar-refractivity contribution in [1.29, 1.82) is 0 Å². The molecule has 3 aromatic heterocycles. The van der Waals surface area contributed by atoms with Gasteiger partial charge in [-0.3, -0.25) is 29.2 Å². The van der Waals surface area contributed by atoms with Gasteiger partial charge in [0.15, 0.2) is 0 Å². The predicted molar refractivity (Wildman–Crippen MR) is 225 cm³/mol. The summed E-state index contributed by atoms with van der Waals surface area (Å²) in [6, 6.07) is 8.40. The highest BCUT2D eigenvalue weighted by Gasteiger charge is 2.57. The molecule has 1 aromatic carbocycles. The number of aryl methyl sites for hydroxylation is 1. The quantitative estimate of drug-likeness (QED) is 0.201. The molecule has 7 rings (SSSR count). The molecule has 2 N–H and O–H groups in total. The first-order chi connectivity index (χ1) is 28.2. The Bertz CT molecular complexity index is 2230. The van der Waals surface area contributed by atoms with E-state index in [1.54, 1.807) is 27.4 Å². The maximum Gasteiger partial charge on any atom is 0.324 e. The van der Waals surface area contributed by atoms with Crippen LogP contribution < -0.4 is 10.7 Å². The van der Waals surface area contributed by atoms with E-state index in [1.165, 1.54) is 21.2 Å². The maximum atomic E-state index is 14.7. The molecule has 3 amide bonds. The third kappa shape index (κ3) is 8.26. The molecule has 1 saturated carbocycles. The molecular weight excluding hydrogens is 771 g/mol. The average molecular weight is 828 g/mol. The number of hydrogen-bond donors (Lipinski definition) is 2. The average Bonchev–Trinajstić information content (AvgIpc) is 3.51. The summed E-state index contributed by atoms with van der Waals surface area (Å²) < 4.78 is 20.5. The number of carbonyl (C=O) groups is 4. The van der Waals surface area contributed by atoms with Crippen LogP contribution >= 0.6 is 11.3 Å². The monoisotopic (exact) mass is 827 g/mol. The molecule has 0 unspecified atom stereocenters. The van der Waals surface area contributed by atoms with Gasteiger partial charge in [-0.05, 0) is 75.8 Å². The third-order valence-electron chi connectivity index (χ3n) is 12.0. The number of thiazole rings is 1. The molecule has 0 radical (unpaired) electrons. The van der Waals surface area contributed by atoms with E-state index in [1.807, 2.05) is 32.2 Å². The van der Waals surface area contributed by atoms with Crippen molar-refractivity contribution in [1.82, 2.24) is 35.2 Å². The van der Waals surface area contributed by atoms with Gasteiger partial charge in [0.05, 0.1) is 41.6 Å². The van der Waals surface area contributed by atoms with Gasteiger partial charge in [-0.1, -0.05) is 26.8 Å². The highest BCUT2D eigenvalue weighted by atomic mass is 32.1. The van der Waals surface area contributed by atoms with Crippen molar-refractivity contribution in [2.45, 2.75) is 91.6 Å². The molecule has 1 saturated heterocycles. The second-order valence-electron chi connectivity index (χ2n) is 17.0. The van der Waals surface area contributed by atoms with Crippen LogP contribution in [0.2, 0.25) is 0 Å². The summed E-state index contributed by atoms with van der Waals surface area (Å²) in [6.45, 7) is 13.4. The first-order valence-corrected chi connectivity index (χ1v) is 21.5. The first kappa shape index (κ1) is 42.4. The number of fused-ring (bicyclic) bond motifs is 6. The standard InChI is InChI=1S/C44H57N7O7S/c1-10-50-32-17-16-26-20-28(32)29(37(50)27-14-12-18-45-35(27)25(4)56-9)21-44(5,6)23-58-43(55)30-15-13-19-51(48-30)42(54)36(38(57-11-2)40-46-31(26)22-59-40)47-39(52)33-24(3)34(33)41(53)49(7)8/h12,14,16-18,20,22,24-25,30,33-34,36,38,48H,10-11,13,15,19,21,23H2,1-9H3,(H,47,52)/t24-,25+,30+,33-,34-,36+,38+/m1/s1. The highest BCUT2D eigenvalue weighted by molar-refractivity contribution is 7.10. The van der Waals surface area contributed by atoms with E-state index in [4.69, 9.17) is 24.2 Å². The van der Waals surface area contributed by atoms with Crippen LogP contribution in [0.4, 0.5) is 0 Å². The van der Waals surface area contributed by atoms with E-state index in [0.29, 0.717) is 43.1 Å². The molecule has 1 aliphatic carbocycles. The molecule has 14 nitrogen and oxygen atoms in total. The van der Waals surface area contributed by atoms with E-state index >= 15 is 0 Å². The molecule has 7 atom stereocenters. The summed E-state index contributed by atoms with van der Waals surface area (Å²) in [4.78, 5) is 66.8. The zero-order valence-corrected chi connectivity index (χ0v) is 36.4. The van der Waals surface area contributed by atoms with Crippen molar-refractivity contribution in [3.05, 3.63) is 58.2 Å². The fourth-order valence-corrected chi connectivity index (χ4v) is 9.64. The third-order valence-corrected chi connectivity index (χ3v) is 12.9. The highest BCUT2D eigenvalue weighted by Crippen LogP contribution is 2.47. The number of cyclic esters (lactones) is 1. The molecule has 0 spiro atoms. The maximum absolute atomic E-state index is 14.7. The number of benzene rings is 1. The molecule has 5 heterocycles. The minimum Gasteiger partial charge on any atom is -0.464 e. The number of amides is 3. The lowest BCUT2D eigenvalue weighted by atomic mass is 9.84. The Morgan fingerprint density at radius 3 is 2.66 bits per heavy atom. The second kappa shape index (κ2) is 17.1. The van der Waals surface area contributed by atoms with Crippen LogP contribution in [0, 0.1) is 23.2 Å². The van der Waals surface area contributed by atoms with Crippen molar-refractivity contribution < 1.29 is 33.4 Å². The van der Waals surface area contributed by atoms with Crippen LogP contribution in [0.5, 0.6) is 0 Å².